The first-order valence-corrected chi connectivity index (χ1v) is 8.95. The van der Waals surface area contributed by atoms with Crippen LogP contribution in [0.25, 0.3) is 11.0 Å². The fourth-order valence-corrected chi connectivity index (χ4v) is 3.60. The second-order valence-electron chi connectivity index (χ2n) is 6.53. The van der Waals surface area contributed by atoms with Crippen molar-refractivity contribution in [2.45, 2.75) is 32.7 Å². The third kappa shape index (κ3) is 3.33. The largest absolute Gasteiger partial charge is 0.449 e. The number of halogens is 1. The highest BCUT2D eigenvalue weighted by atomic mass is 79.9. The SMILES string of the molecule is CC(C)COC(=O)N1CCC(n2cc(Br)c3c(N)ncnc32)CC1. The van der Waals surface area contributed by atoms with Crippen LogP contribution in [0, 0.1) is 5.92 Å². The lowest BCUT2D eigenvalue weighted by Gasteiger charge is -2.32. The van der Waals surface area contributed by atoms with E-state index < -0.39 is 0 Å². The monoisotopic (exact) mass is 395 g/mol. The molecule has 0 bridgehead atoms. The van der Waals surface area contributed by atoms with Gasteiger partial charge in [0.1, 0.15) is 17.8 Å². The van der Waals surface area contributed by atoms with Crippen molar-refractivity contribution in [1.29, 1.82) is 0 Å². The maximum absolute atomic E-state index is 12.1. The highest BCUT2D eigenvalue weighted by Gasteiger charge is 2.26. The van der Waals surface area contributed by atoms with Gasteiger partial charge in [0, 0.05) is 29.8 Å². The number of amides is 1. The summed E-state index contributed by atoms with van der Waals surface area (Å²) in [7, 11) is 0. The highest BCUT2D eigenvalue weighted by molar-refractivity contribution is 9.10. The van der Waals surface area contributed by atoms with Crippen LogP contribution in [0.5, 0.6) is 0 Å². The lowest BCUT2D eigenvalue weighted by atomic mass is 10.1. The second kappa shape index (κ2) is 6.96. The first-order chi connectivity index (χ1) is 11.5. The smallest absolute Gasteiger partial charge is 0.409 e. The van der Waals surface area contributed by atoms with Gasteiger partial charge in [-0.2, -0.15) is 0 Å². The topological polar surface area (TPSA) is 86.3 Å². The number of ether oxygens (including phenoxy) is 1. The molecule has 1 amide bonds. The molecule has 130 valence electrons. The maximum atomic E-state index is 12.1. The number of carbonyl (C=O) groups is 1. The van der Waals surface area contributed by atoms with Crippen molar-refractivity contribution in [2.24, 2.45) is 5.92 Å². The zero-order chi connectivity index (χ0) is 17.3. The Labute approximate surface area is 149 Å². The normalized spacial score (nSPS) is 16.1. The Bertz CT molecular complexity index is 737. The molecule has 2 aromatic rings. The van der Waals surface area contributed by atoms with Crippen LogP contribution in [0.4, 0.5) is 10.6 Å². The standard InChI is InChI=1S/C16H22BrN5O2/c1-10(2)8-24-16(23)21-5-3-11(4-6-21)22-7-12(17)13-14(18)19-9-20-15(13)22/h7,9-11H,3-6,8H2,1-2H3,(H2,18,19,20). The average Bonchev–Trinajstić information content (AvgIpc) is 2.91. The van der Waals surface area contributed by atoms with Crippen LogP contribution in [-0.4, -0.2) is 45.2 Å². The number of likely N-dealkylation sites (tertiary alicyclic amines) is 1. The van der Waals surface area contributed by atoms with E-state index in [0.717, 1.165) is 28.3 Å². The van der Waals surface area contributed by atoms with Gasteiger partial charge in [-0.05, 0) is 34.7 Å². The number of aromatic nitrogens is 3. The third-order valence-corrected chi connectivity index (χ3v) is 4.85. The Morgan fingerprint density at radius 1 is 1.42 bits per heavy atom. The van der Waals surface area contributed by atoms with Crippen molar-refractivity contribution in [3.63, 3.8) is 0 Å². The van der Waals surface area contributed by atoms with Gasteiger partial charge in [0.05, 0.1) is 12.0 Å². The molecular weight excluding hydrogens is 374 g/mol. The molecule has 2 N–H and O–H groups in total. The van der Waals surface area contributed by atoms with Gasteiger partial charge >= 0.3 is 6.09 Å². The van der Waals surface area contributed by atoms with Crippen molar-refractivity contribution in [3.8, 4) is 0 Å². The second-order valence-corrected chi connectivity index (χ2v) is 7.39. The Hall–Kier alpha value is -1.83. The molecule has 0 saturated carbocycles. The number of piperidine rings is 1. The number of hydrogen-bond donors (Lipinski definition) is 1. The zero-order valence-corrected chi connectivity index (χ0v) is 15.5. The molecule has 0 unspecified atom stereocenters. The summed E-state index contributed by atoms with van der Waals surface area (Å²) in [5.74, 6) is 0.820. The van der Waals surface area contributed by atoms with Crippen molar-refractivity contribution < 1.29 is 9.53 Å². The van der Waals surface area contributed by atoms with Crippen molar-refractivity contribution >= 4 is 38.9 Å². The fraction of sp³-hybridized carbons (Fsp3) is 0.562. The Balaban J connectivity index is 1.69. The molecule has 0 aliphatic carbocycles. The van der Waals surface area contributed by atoms with Gasteiger partial charge in [-0.1, -0.05) is 13.8 Å². The van der Waals surface area contributed by atoms with Gasteiger partial charge in [0.15, 0.2) is 0 Å². The number of carbonyl (C=O) groups excluding carboxylic acids is 1. The van der Waals surface area contributed by atoms with Crippen LogP contribution in [0.15, 0.2) is 17.0 Å². The van der Waals surface area contributed by atoms with Crippen LogP contribution in [0.1, 0.15) is 32.7 Å². The molecule has 1 aliphatic rings. The van der Waals surface area contributed by atoms with Gasteiger partial charge in [0.2, 0.25) is 0 Å². The number of nitrogen functional groups attached to an aromatic ring is 1. The van der Waals surface area contributed by atoms with E-state index >= 15 is 0 Å². The fourth-order valence-electron chi connectivity index (χ4n) is 3.00. The van der Waals surface area contributed by atoms with Gasteiger partial charge in [-0.15, -0.1) is 0 Å². The van der Waals surface area contributed by atoms with E-state index in [0.29, 0.717) is 31.4 Å². The summed E-state index contributed by atoms with van der Waals surface area (Å²) >= 11 is 3.54. The summed E-state index contributed by atoms with van der Waals surface area (Å²) in [4.78, 5) is 22.3. The van der Waals surface area contributed by atoms with Crippen molar-refractivity contribution in [3.05, 3.63) is 17.0 Å². The molecule has 0 spiro atoms. The van der Waals surface area contributed by atoms with E-state index in [1.165, 1.54) is 6.33 Å². The van der Waals surface area contributed by atoms with Crippen LogP contribution in [-0.2, 0) is 4.74 Å². The Morgan fingerprint density at radius 2 is 2.12 bits per heavy atom. The molecule has 0 atom stereocenters. The Morgan fingerprint density at radius 3 is 2.79 bits per heavy atom. The van der Waals surface area contributed by atoms with Crippen LogP contribution in [0.3, 0.4) is 0 Å². The molecule has 3 heterocycles. The van der Waals surface area contributed by atoms with Gasteiger partial charge in [0.25, 0.3) is 0 Å². The van der Waals surface area contributed by atoms with E-state index in [4.69, 9.17) is 10.5 Å². The number of anilines is 1. The lowest BCUT2D eigenvalue weighted by molar-refractivity contribution is 0.0800. The van der Waals surface area contributed by atoms with Gasteiger partial charge < -0.3 is 19.9 Å². The summed E-state index contributed by atoms with van der Waals surface area (Å²) in [5, 5.41) is 0.844. The minimum absolute atomic E-state index is 0.215. The molecule has 7 nitrogen and oxygen atoms in total. The summed E-state index contributed by atoms with van der Waals surface area (Å²) in [5.41, 5.74) is 6.78. The third-order valence-electron chi connectivity index (χ3n) is 4.25. The summed E-state index contributed by atoms with van der Waals surface area (Å²) in [6, 6.07) is 0.280. The lowest BCUT2D eigenvalue weighted by Crippen LogP contribution is -2.39. The molecule has 1 fully saturated rings. The molecule has 8 heteroatoms. The van der Waals surface area contributed by atoms with E-state index in [1.807, 2.05) is 20.0 Å². The molecule has 1 aliphatic heterocycles. The number of rotatable bonds is 3. The molecule has 3 rings (SSSR count). The van der Waals surface area contributed by atoms with E-state index in [9.17, 15) is 4.79 Å². The highest BCUT2D eigenvalue weighted by Crippen LogP contribution is 2.33. The number of hydrogen-bond acceptors (Lipinski definition) is 5. The van der Waals surface area contributed by atoms with Crippen LogP contribution >= 0.6 is 15.9 Å². The minimum Gasteiger partial charge on any atom is -0.449 e. The zero-order valence-electron chi connectivity index (χ0n) is 13.9. The first-order valence-electron chi connectivity index (χ1n) is 8.15. The average molecular weight is 396 g/mol. The van der Waals surface area contributed by atoms with Gasteiger partial charge in [-0.3, -0.25) is 0 Å². The molecule has 0 aromatic carbocycles. The summed E-state index contributed by atoms with van der Waals surface area (Å²) in [6.45, 7) is 5.88. The number of nitrogens with two attached hydrogens (primary N) is 1. The first kappa shape index (κ1) is 17.0. The van der Waals surface area contributed by atoms with Crippen molar-refractivity contribution in [2.75, 3.05) is 25.4 Å². The van der Waals surface area contributed by atoms with Gasteiger partial charge in [-0.25, -0.2) is 14.8 Å². The van der Waals surface area contributed by atoms with E-state index in [2.05, 4.69) is 30.5 Å². The molecule has 24 heavy (non-hydrogen) atoms. The van der Waals surface area contributed by atoms with Crippen LogP contribution in [0.2, 0.25) is 0 Å². The summed E-state index contributed by atoms with van der Waals surface area (Å²) < 4.78 is 8.34. The maximum Gasteiger partial charge on any atom is 0.409 e. The minimum atomic E-state index is -0.215. The predicted octanol–water partition coefficient (Wildman–Crippen LogP) is 3.21. The summed E-state index contributed by atoms with van der Waals surface area (Å²) in [6.07, 6.45) is 4.99. The number of fused-ring (bicyclic) bond motifs is 1. The molecule has 1 saturated heterocycles. The van der Waals surface area contributed by atoms with E-state index in [-0.39, 0.29) is 12.1 Å². The molecule has 2 aromatic heterocycles. The van der Waals surface area contributed by atoms with Crippen molar-refractivity contribution in [1.82, 2.24) is 19.4 Å². The predicted molar refractivity (Wildman–Crippen MR) is 95.7 cm³/mol. The Kier molecular flexibility index (Phi) is 4.93. The quantitative estimate of drug-likeness (QED) is 0.861. The number of nitrogens with zero attached hydrogens (tertiary/aromatic N) is 4. The van der Waals surface area contributed by atoms with Crippen LogP contribution < -0.4 is 5.73 Å². The van der Waals surface area contributed by atoms with E-state index in [1.54, 1.807) is 4.90 Å². The molecular formula is C16H22BrN5O2. The molecule has 0 radical (unpaired) electrons.